The zero-order valence-corrected chi connectivity index (χ0v) is 13.2. The number of anilines is 1. The highest BCUT2D eigenvalue weighted by molar-refractivity contribution is 5.48. The number of nitro groups is 1. The van der Waals surface area contributed by atoms with E-state index >= 15 is 0 Å². The van der Waals surface area contributed by atoms with Gasteiger partial charge in [0, 0.05) is 12.6 Å². The van der Waals surface area contributed by atoms with Crippen molar-refractivity contribution in [2.45, 2.75) is 13.3 Å². The standard InChI is InChI=1S/C16H17N5O3/c1-2-24-13-5-3-4-12(10-13)8-9-17-14-6-7-15-18-11-16(21(22)23)20(15)19-14/h3-7,10-11H,2,8-9H2,1H3,(H,17,19). The zero-order valence-electron chi connectivity index (χ0n) is 13.2. The van der Waals surface area contributed by atoms with Crippen LogP contribution >= 0.6 is 0 Å². The molecule has 124 valence electrons. The van der Waals surface area contributed by atoms with Crippen LogP contribution in [-0.4, -0.2) is 32.7 Å². The molecule has 0 fully saturated rings. The van der Waals surface area contributed by atoms with Gasteiger partial charge in [-0.25, -0.2) is 4.98 Å². The van der Waals surface area contributed by atoms with Gasteiger partial charge in [-0.3, -0.25) is 0 Å². The van der Waals surface area contributed by atoms with Gasteiger partial charge in [-0.1, -0.05) is 21.7 Å². The lowest BCUT2D eigenvalue weighted by Crippen LogP contribution is -2.08. The van der Waals surface area contributed by atoms with Crippen LogP contribution in [0.1, 0.15) is 12.5 Å². The van der Waals surface area contributed by atoms with Crippen LogP contribution in [0.2, 0.25) is 0 Å². The summed E-state index contributed by atoms with van der Waals surface area (Å²) in [6.07, 6.45) is 1.98. The highest BCUT2D eigenvalue weighted by Gasteiger charge is 2.15. The average molecular weight is 327 g/mol. The van der Waals surface area contributed by atoms with Crippen molar-refractivity contribution in [1.82, 2.24) is 14.6 Å². The van der Waals surface area contributed by atoms with E-state index in [1.165, 1.54) is 10.7 Å². The van der Waals surface area contributed by atoms with E-state index in [4.69, 9.17) is 4.74 Å². The number of hydrogen-bond acceptors (Lipinski definition) is 6. The molecule has 0 spiro atoms. The molecular weight excluding hydrogens is 310 g/mol. The number of fused-ring (bicyclic) bond motifs is 1. The van der Waals surface area contributed by atoms with E-state index in [1.54, 1.807) is 12.1 Å². The zero-order chi connectivity index (χ0) is 16.9. The van der Waals surface area contributed by atoms with Crippen LogP contribution in [0.3, 0.4) is 0 Å². The molecule has 0 aliphatic rings. The first-order valence-electron chi connectivity index (χ1n) is 7.62. The molecule has 8 nitrogen and oxygen atoms in total. The maximum Gasteiger partial charge on any atom is 0.368 e. The molecule has 1 N–H and O–H groups in total. The minimum atomic E-state index is -0.504. The molecule has 0 aliphatic heterocycles. The van der Waals surface area contributed by atoms with Crippen molar-refractivity contribution >= 4 is 17.3 Å². The molecule has 8 heteroatoms. The fourth-order valence-electron chi connectivity index (χ4n) is 2.37. The Morgan fingerprint density at radius 1 is 1.33 bits per heavy atom. The molecule has 24 heavy (non-hydrogen) atoms. The third-order valence-corrected chi connectivity index (χ3v) is 3.46. The summed E-state index contributed by atoms with van der Waals surface area (Å²) < 4.78 is 6.70. The van der Waals surface area contributed by atoms with Crippen molar-refractivity contribution in [3.05, 3.63) is 58.3 Å². The van der Waals surface area contributed by atoms with Gasteiger partial charge in [0.05, 0.1) is 6.61 Å². The molecule has 0 bridgehead atoms. The van der Waals surface area contributed by atoms with Gasteiger partial charge in [0.2, 0.25) is 5.65 Å². The summed E-state index contributed by atoms with van der Waals surface area (Å²) >= 11 is 0. The summed E-state index contributed by atoms with van der Waals surface area (Å²) in [6, 6.07) is 11.4. The monoisotopic (exact) mass is 327 g/mol. The number of imidazole rings is 1. The third kappa shape index (κ3) is 3.43. The number of aromatic nitrogens is 3. The Balaban J connectivity index is 1.66. The predicted molar refractivity (Wildman–Crippen MR) is 89.4 cm³/mol. The quantitative estimate of drug-likeness (QED) is 0.529. The maximum atomic E-state index is 10.9. The lowest BCUT2D eigenvalue weighted by Gasteiger charge is -2.07. The lowest BCUT2D eigenvalue weighted by molar-refractivity contribution is -0.391. The Morgan fingerprint density at radius 2 is 2.21 bits per heavy atom. The van der Waals surface area contributed by atoms with Gasteiger partial charge in [0.1, 0.15) is 11.9 Å². The van der Waals surface area contributed by atoms with Gasteiger partial charge in [0.15, 0.2) is 5.82 Å². The highest BCUT2D eigenvalue weighted by atomic mass is 16.6. The van der Waals surface area contributed by atoms with Gasteiger partial charge in [-0.15, -0.1) is 0 Å². The smallest absolute Gasteiger partial charge is 0.368 e. The second-order valence-electron chi connectivity index (χ2n) is 5.12. The van der Waals surface area contributed by atoms with Crippen LogP contribution in [-0.2, 0) is 6.42 Å². The molecule has 0 unspecified atom stereocenters. The first-order valence-corrected chi connectivity index (χ1v) is 7.62. The fourth-order valence-corrected chi connectivity index (χ4v) is 2.37. The van der Waals surface area contributed by atoms with Crippen LogP contribution in [0.15, 0.2) is 42.6 Å². The van der Waals surface area contributed by atoms with Crippen molar-refractivity contribution in [2.75, 3.05) is 18.5 Å². The number of nitrogens with one attached hydrogen (secondary N) is 1. The third-order valence-electron chi connectivity index (χ3n) is 3.46. The van der Waals surface area contributed by atoms with Crippen LogP contribution < -0.4 is 10.1 Å². The number of benzene rings is 1. The van der Waals surface area contributed by atoms with Crippen molar-refractivity contribution in [2.24, 2.45) is 0 Å². The van der Waals surface area contributed by atoms with E-state index in [0.717, 1.165) is 17.7 Å². The van der Waals surface area contributed by atoms with Gasteiger partial charge in [0.25, 0.3) is 0 Å². The molecule has 1 aromatic carbocycles. The normalized spacial score (nSPS) is 10.7. The Bertz CT molecular complexity index is 862. The van der Waals surface area contributed by atoms with Crippen LogP contribution in [0.5, 0.6) is 5.75 Å². The Kier molecular flexibility index (Phi) is 4.55. The maximum absolute atomic E-state index is 10.9. The Hall–Kier alpha value is -3.16. The van der Waals surface area contributed by atoms with E-state index in [0.29, 0.717) is 24.6 Å². The first-order chi connectivity index (χ1) is 11.7. The molecular formula is C16H17N5O3. The van der Waals surface area contributed by atoms with Gasteiger partial charge in [-0.05, 0) is 42.0 Å². The van der Waals surface area contributed by atoms with Crippen molar-refractivity contribution in [3.63, 3.8) is 0 Å². The number of rotatable bonds is 7. The average Bonchev–Trinajstić information content (AvgIpc) is 2.99. The first kappa shape index (κ1) is 15.7. The fraction of sp³-hybridized carbons (Fsp3) is 0.250. The van der Waals surface area contributed by atoms with E-state index in [1.807, 2.05) is 31.2 Å². The number of hydrogen-bond donors (Lipinski definition) is 1. The van der Waals surface area contributed by atoms with Crippen LogP contribution in [0, 0.1) is 10.1 Å². The summed E-state index contributed by atoms with van der Waals surface area (Å²) in [5, 5.41) is 18.3. The van der Waals surface area contributed by atoms with E-state index in [-0.39, 0.29) is 5.82 Å². The molecule has 0 saturated heterocycles. The number of ether oxygens (including phenoxy) is 1. The minimum absolute atomic E-state index is 0.155. The van der Waals surface area contributed by atoms with Crippen LogP contribution in [0.4, 0.5) is 11.6 Å². The summed E-state index contributed by atoms with van der Waals surface area (Å²) in [5.41, 5.74) is 1.58. The summed E-state index contributed by atoms with van der Waals surface area (Å²) in [4.78, 5) is 14.4. The van der Waals surface area contributed by atoms with Gasteiger partial charge >= 0.3 is 5.82 Å². The van der Waals surface area contributed by atoms with E-state index in [9.17, 15) is 10.1 Å². The second-order valence-corrected chi connectivity index (χ2v) is 5.12. The van der Waals surface area contributed by atoms with Crippen molar-refractivity contribution < 1.29 is 9.66 Å². The molecule has 0 amide bonds. The molecule has 3 aromatic rings. The Morgan fingerprint density at radius 3 is 3.00 bits per heavy atom. The van der Waals surface area contributed by atoms with E-state index in [2.05, 4.69) is 15.4 Å². The van der Waals surface area contributed by atoms with Gasteiger partial charge in [-0.2, -0.15) is 0 Å². The molecule has 0 atom stereocenters. The topological polar surface area (TPSA) is 94.6 Å². The molecule has 0 saturated carbocycles. The summed E-state index contributed by atoms with van der Waals surface area (Å²) in [7, 11) is 0. The molecule has 2 aromatic heterocycles. The molecule has 2 heterocycles. The number of nitrogens with zero attached hydrogens (tertiary/aromatic N) is 4. The summed E-state index contributed by atoms with van der Waals surface area (Å²) in [5.74, 6) is 1.26. The van der Waals surface area contributed by atoms with E-state index < -0.39 is 4.92 Å². The summed E-state index contributed by atoms with van der Waals surface area (Å²) in [6.45, 7) is 3.23. The van der Waals surface area contributed by atoms with Crippen LogP contribution in [0.25, 0.3) is 5.65 Å². The molecule has 3 rings (SSSR count). The second kappa shape index (κ2) is 6.95. The Labute approximate surface area is 138 Å². The highest BCUT2D eigenvalue weighted by Crippen LogP contribution is 2.16. The largest absolute Gasteiger partial charge is 0.494 e. The molecule has 0 radical (unpaired) electrons. The van der Waals surface area contributed by atoms with Crippen molar-refractivity contribution in [1.29, 1.82) is 0 Å². The predicted octanol–water partition coefficient (Wildman–Crippen LogP) is 2.69. The molecule has 0 aliphatic carbocycles. The van der Waals surface area contributed by atoms with Crippen molar-refractivity contribution in [3.8, 4) is 5.75 Å². The lowest BCUT2D eigenvalue weighted by atomic mass is 10.1. The SMILES string of the molecule is CCOc1cccc(CCNc2ccc3ncc([N+](=O)[O-])n3n2)c1. The van der Waals surface area contributed by atoms with Gasteiger partial charge < -0.3 is 20.2 Å². The minimum Gasteiger partial charge on any atom is -0.494 e.